The largest absolute Gasteiger partial charge is 0.481 e. The maximum absolute atomic E-state index is 12.8. The summed E-state index contributed by atoms with van der Waals surface area (Å²) in [4.78, 5) is 52.8. The second kappa shape index (κ2) is 7.64. The summed E-state index contributed by atoms with van der Waals surface area (Å²) in [5, 5.41) is 22.1. The van der Waals surface area contributed by atoms with E-state index in [4.69, 9.17) is 10.8 Å². The Kier molecular flexibility index (Phi) is 5.42. The van der Waals surface area contributed by atoms with Gasteiger partial charge in [-0.25, -0.2) is 9.78 Å². The molecule has 1 saturated heterocycles. The molecule has 0 radical (unpaired) electrons. The Morgan fingerprint density at radius 2 is 2.14 bits per heavy atom. The van der Waals surface area contributed by atoms with E-state index in [-0.39, 0.29) is 22.1 Å². The van der Waals surface area contributed by atoms with Crippen molar-refractivity contribution in [1.29, 1.82) is 0 Å². The molecule has 2 aliphatic heterocycles. The Morgan fingerprint density at radius 3 is 2.71 bits per heavy atom. The number of hydrogen-bond donors (Lipinski definition) is 4. The van der Waals surface area contributed by atoms with E-state index in [1.54, 1.807) is 0 Å². The third-order valence-corrected chi connectivity index (χ3v) is 6.06. The molecule has 3 atom stereocenters. The van der Waals surface area contributed by atoms with E-state index in [1.165, 1.54) is 36.2 Å². The average Bonchev–Trinajstić information content (AvgIpc) is 3.08. The van der Waals surface area contributed by atoms with Crippen molar-refractivity contribution >= 4 is 57.6 Å². The van der Waals surface area contributed by atoms with Crippen molar-refractivity contribution in [2.75, 3.05) is 11.5 Å². The summed E-state index contributed by atoms with van der Waals surface area (Å²) < 4.78 is 0. The number of nitrogen functional groups attached to an aromatic ring is 1. The summed E-state index contributed by atoms with van der Waals surface area (Å²) in [6.07, 6.45) is 2.68. The number of hydrogen-bond acceptors (Lipinski definition) is 8. The molecule has 2 amide bonds. The lowest BCUT2D eigenvalue weighted by molar-refractivity contribution is -0.150. The Balaban J connectivity index is 1.82. The van der Waals surface area contributed by atoms with Gasteiger partial charge in [-0.3, -0.25) is 19.3 Å². The van der Waals surface area contributed by atoms with Gasteiger partial charge in [-0.15, -0.1) is 23.1 Å². The smallest absolute Gasteiger partial charge is 0.352 e. The first-order valence-electron chi connectivity index (χ1n) is 8.05. The fraction of sp³-hybridized carbons (Fsp3) is 0.312. The number of carbonyl (C=O) groups is 4. The zero-order chi connectivity index (χ0) is 20.6. The molecule has 0 spiro atoms. The molecule has 1 aromatic heterocycles. The molecule has 1 fully saturated rings. The molecule has 1 unspecified atom stereocenters. The van der Waals surface area contributed by atoms with Crippen molar-refractivity contribution in [2.24, 2.45) is 5.92 Å². The van der Waals surface area contributed by atoms with Crippen LogP contribution in [0.3, 0.4) is 0 Å². The topological polar surface area (TPSA) is 163 Å². The molecule has 1 aromatic rings. The summed E-state index contributed by atoms with van der Waals surface area (Å²) >= 11 is 2.41. The minimum atomic E-state index is -1.21. The van der Waals surface area contributed by atoms with Gasteiger partial charge in [0.05, 0.1) is 17.2 Å². The normalized spacial score (nSPS) is 22.6. The van der Waals surface area contributed by atoms with Crippen LogP contribution in [-0.4, -0.2) is 61.0 Å². The van der Waals surface area contributed by atoms with E-state index in [0.29, 0.717) is 5.75 Å². The van der Waals surface area contributed by atoms with Gasteiger partial charge in [0.1, 0.15) is 17.1 Å². The van der Waals surface area contributed by atoms with Crippen molar-refractivity contribution in [3.8, 4) is 0 Å². The van der Waals surface area contributed by atoms with Crippen LogP contribution in [-0.2, 0) is 19.2 Å². The van der Waals surface area contributed by atoms with Gasteiger partial charge in [0.15, 0.2) is 5.13 Å². The van der Waals surface area contributed by atoms with E-state index in [0.717, 1.165) is 16.2 Å². The maximum Gasteiger partial charge on any atom is 0.352 e. The minimum Gasteiger partial charge on any atom is -0.481 e. The van der Waals surface area contributed by atoms with Crippen molar-refractivity contribution in [2.45, 2.75) is 18.3 Å². The van der Waals surface area contributed by atoms with Crippen LogP contribution < -0.4 is 11.1 Å². The zero-order valence-corrected chi connectivity index (χ0v) is 16.1. The lowest BCUT2D eigenvalue weighted by Crippen LogP contribution is -2.70. The van der Waals surface area contributed by atoms with Crippen molar-refractivity contribution in [3.63, 3.8) is 0 Å². The van der Waals surface area contributed by atoms with Crippen LogP contribution >= 0.6 is 23.1 Å². The number of thioether (sulfide) groups is 1. The van der Waals surface area contributed by atoms with Gasteiger partial charge < -0.3 is 21.3 Å². The maximum atomic E-state index is 12.8. The highest BCUT2D eigenvalue weighted by molar-refractivity contribution is 8.00. The summed E-state index contributed by atoms with van der Waals surface area (Å²) in [5.74, 6) is -4.13. The standard InChI is InChI=1S/C16H16N4O6S2/c1-6(14(23)24)4-7(8-5-28-16(17)18-8)11(21)19-10-12(22)20-9(15(25)26)2-3-27-13(10)20/h2,4-6,10,13H,3H2,1H3,(H2,17,18)(H,19,21)(H,23,24)(H,25,26)/b7-4+/t6?,10-,13-/m1/s1. The van der Waals surface area contributed by atoms with Gasteiger partial charge in [-0.2, -0.15) is 0 Å². The van der Waals surface area contributed by atoms with Crippen LogP contribution in [0.5, 0.6) is 0 Å². The Morgan fingerprint density at radius 1 is 1.43 bits per heavy atom. The Bertz CT molecular complexity index is 924. The third kappa shape index (κ3) is 3.60. The molecule has 3 heterocycles. The number of anilines is 1. The highest BCUT2D eigenvalue weighted by Crippen LogP contribution is 2.37. The zero-order valence-electron chi connectivity index (χ0n) is 14.5. The first-order valence-corrected chi connectivity index (χ1v) is 9.98. The van der Waals surface area contributed by atoms with E-state index in [2.05, 4.69) is 10.3 Å². The fourth-order valence-corrected chi connectivity index (χ4v) is 4.52. The number of thiazole rings is 1. The number of carboxylic acid groups (broad SMARTS) is 2. The second-order valence-electron chi connectivity index (χ2n) is 6.06. The van der Waals surface area contributed by atoms with E-state index < -0.39 is 41.1 Å². The number of β-lactam (4-membered cyclic amide) rings is 1. The van der Waals surface area contributed by atoms with Gasteiger partial charge in [0, 0.05) is 11.1 Å². The number of fused-ring (bicyclic) bond motifs is 1. The molecule has 2 aliphatic rings. The first-order chi connectivity index (χ1) is 13.2. The molecule has 148 valence electrons. The van der Waals surface area contributed by atoms with Gasteiger partial charge in [-0.1, -0.05) is 6.08 Å². The van der Waals surface area contributed by atoms with Crippen LogP contribution in [0.25, 0.3) is 5.57 Å². The van der Waals surface area contributed by atoms with E-state index in [1.807, 2.05) is 0 Å². The molecule has 10 nitrogen and oxygen atoms in total. The van der Waals surface area contributed by atoms with Crippen LogP contribution in [0.1, 0.15) is 12.6 Å². The molecular weight excluding hydrogens is 408 g/mol. The summed E-state index contributed by atoms with van der Waals surface area (Å²) in [6, 6.07) is -0.917. The summed E-state index contributed by atoms with van der Waals surface area (Å²) in [7, 11) is 0. The van der Waals surface area contributed by atoms with Crippen molar-refractivity contribution < 1.29 is 29.4 Å². The van der Waals surface area contributed by atoms with Gasteiger partial charge >= 0.3 is 11.9 Å². The van der Waals surface area contributed by atoms with Crippen LogP contribution in [0.2, 0.25) is 0 Å². The highest BCUT2D eigenvalue weighted by Gasteiger charge is 2.52. The number of carboxylic acids is 2. The number of aliphatic carboxylic acids is 2. The van der Waals surface area contributed by atoms with E-state index in [9.17, 15) is 24.3 Å². The molecule has 28 heavy (non-hydrogen) atoms. The number of aromatic nitrogens is 1. The number of nitrogens with two attached hydrogens (primary N) is 1. The van der Waals surface area contributed by atoms with Crippen LogP contribution in [0.4, 0.5) is 5.13 Å². The number of carbonyl (C=O) groups excluding carboxylic acids is 2. The quantitative estimate of drug-likeness (QED) is 0.369. The van der Waals surface area contributed by atoms with Gasteiger partial charge in [0.25, 0.3) is 11.8 Å². The monoisotopic (exact) mass is 424 g/mol. The molecule has 0 aromatic carbocycles. The number of nitrogens with zero attached hydrogens (tertiary/aromatic N) is 2. The number of rotatable bonds is 6. The number of amides is 2. The molecule has 12 heteroatoms. The van der Waals surface area contributed by atoms with Crippen LogP contribution in [0.15, 0.2) is 23.2 Å². The second-order valence-corrected chi connectivity index (χ2v) is 8.10. The number of nitrogens with one attached hydrogen (secondary N) is 1. The highest BCUT2D eigenvalue weighted by atomic mass is 32.2. The molecule has 0 saturated carbocycles. The summed E-state index contributed by atoms with van der Waals surface area (Å²) in [6.45, 7) is 1.41. The van der Waals surface area contributed by atoms with Crippen molar-refractivity contribution in [1.82, 2.24) is 15.2 Å². The average molecular weight is 424 g/mol. The van der Waals surface area contributed by atoms with Gasteiger partial charge in [0.2, 0.25) is 0 Å². The SMILES string of the molecule is CC(/C=C(/C(=O)N[C@@H]1C(=O)N2C(C(=O)O)=CCS[C@H]12)c1csc(N)n1)C(=O)O. The van der Waals surface area contributed by atoms with E-state index >= 15 is 0 Å². The third-order valence-electron chi connectivity index (χ3n) is 4.20. The molecule has 3 rings (SSSR count). The molecule has 5 N–H and O–H groups in total. The first kappa shape index (κ1) is 19.9. The Labute approximate surface area is 167 Å². The molecule has 0 aliphatic carbocycles. The summed E-state index contributed by atoms with van der Waals surface area (Å²) in [5.41, 5.74) is 5.69. The van der Waals surface area contributed by atoms with Gasteiger partial charge in [-0.05, 0) is 13.0 Å². The predicted octanol–water partition coefficient (Wildman–Crippen LogP) is 0.198. The lowest BCUT2D eigenvalue weighted by Gasteiger charge is -2.48. The molecular formula is C16H16N4O6S2. The minimum absolute atomic E-state index is 0.0103. The Hall–Kier alpha value is -2.86. The fourth-order valence-electron chi connectivity index (χ4n) is 2.77. The molecule has 0 bridgehead atoms. The predicted molar refractivity (Wildman–Crippen MR) is 102 cm³/mol. The van der Waals surface area contributed by atoms with Crippen molar-refractivity contribution in [3.05, 3.63) is 28.9 Å². The van der Waals surface area contributed by atoms with Crippen LogP contribution in [0, 0.1) is 5.92 Å². The lowest BCUT2D eigenvalue weighted by atomic mass is 10.0.